The first-order valence-corrected chi connectivity index (χ1v) is 4.67. The number of fused-ring (bicyclic) bond motifs is 1. The third-order valence-corrected chi connectivity index (χ3v) is 2.13. The van der Waals surface area contributed by atoms with E-state index in [1.54, 1.807) is 24.5 Å². The van der Waals surface area contributed by atoms with Crippen molar-refractivity contribution in [2.75, 3.05) is 0 Å². The number of benzene rings is 1. The van der Waals surface area contributed by atoms with E-state index in [1.165, 1.54) is 0 Å². The van der Waals surface area contributed by atoms with Gasteiger partial charge in [-0.25, -0.2) is 0 Å². The Morgan fingerprint density at radius 3 is 2.93 bits per heavy atom. The maximum Gasteiger partial charge on any atom is 0.168 e. The summed E-state index contributed by atoms with van der Waals surface area (Å²) >= 11 is 0. The lowest BCUT2D eigenvalue weighted by Crippen LogP contribution is -1.99. The fourth-order valence-electron chi connectivity index (χ4n) is 1.46. The van der Waals surface area contributed by atoms with E-state index in [0.29, 0.717) is 17.5 Å². The Hall–Kier alpha value is -2.03. The van der Waals surface area contributed by atoms with E-state index in [-0.39, 0.29) is 5.78 Å². The van der Waals surface area contributed by atoms with Crippen LogP contribution < -0.4 is 0 Å². The predicted molar refractivity (Wildman–Crippen MR) is 58.7 cm³/mol. The van der Waals surface area contributed by atoms with Crippen molar-refractivity contribution in [2.24, 2.45) is 0 Å². The normalized spacial score (nSPS) is 10.1. The van der Waals surface area contributed by atoms with E-state index in [0.717, 1.165) is 5.52 Å². The lowest BCUT2D eigenvalue weighted by atomic mass is 10.1. The molecule has 0 radical (unpaired) electrons. The molecule has 3 heteroatoms. The minimum absolute atomic E-state index is 0.0242. The number of rotatable bonds is 3. The molecule has 0 unspecified atom stereocenters. The molecule has 74 valence electrons. The highest BCUT2D eigenvalue weighted by Crippen LogP contribution is 2.15. The van der Waals surface area contributed by atoms with Crippen LogP contribution in [-0.2, 0) is 0 Å². The number of nitrogens with zero attached hydrogens (tertiary/aromatic N) is 2. The molecule has 0 atom stereocenters. The number of hydrogen-bond donors (Lipinski definition) is 0. The highest BCUT2D eigenvalue weighted by molar-refractivity contribution is 6.06. The number of carbonyl (C=O) groups excluding carboxylic acids is 1. The molecule has 0 bridgehead atoms. The van der Waals surface area contributed by atoms with Crippen molar-refractivity contribution >= 4 is 16.8 Å². The van der Waals surface area contributed by atoms with Gasteiger partial charge in [-0.15, -0.1) is 6.58 Å². The standard InChI is InChI=1S/C12H10N2O/c1-2-4-11(15)9-5-3-6-10-12(9)14-8-7-13-10/h2-3,5-8H,1,4H2. The third-order valence-electron chi connectivity index (χ3n) is 2.13. The Morgan fingerprint density at radius 2 is 2.13 bits per heavy atom. The van der Waals surface area contributed by atoms with Gasteiger partial charge in [-0.05, 0) is 12.1 Å². The van der Waals surface area contributed by atoms with E-state index < -0.39 is 0 Å². The first-order valence-electron chi connectivity index (χ1n) is 4.67. The molecule has 0 saturated carbocycles. The molecule has 2 aromatic rings. The van der Waals surface area contributed by atoms with Crippen LogP contribution in [0.4, 0.5) is 0 Å². The summed E-state index contributed by atoms with van der Waals surface area (Å²) in [5, 5.41) is 0. The van der Waals surface area contributed by atoms with Gasteiger partial charge in [0.1, 0.15) is 0 Å². The minimum atomic E-state index is 0.0242. The largest absolute Gasteiger partial charge is 0.294 e. The van der Waals surface area contributed by atoms with E-state index >= 15 is 0 Å². The van der Waals surface area contributed by atoms with Crippen LogP contribution in [0, 0.1) is 0 Å². The number of ketones is 1. The summed E-state index contributed by atoms with van der Waals surface area (Å²) in [5.41, 5.74) is 2.01. The molecule has 0 N–H and O–H groups in total. The summed E-state index contributed by atoms with van der Waals surface area (Å²) in [7, 11) is 0. The van der Waals surface area contributed by atoms with Crippen LogP contribution in [0.1, 0.15) is 16.8 Å². The lowest BCUT2D eigenvalue weighted by Gasteiger charge is -2.01. The number of carbonyl (C=O) groups is 1. The van der Waals surface area contributed by atoms with Crippen molar-refractivity contribution in [2.45, 2.75) is 6.42 Å². The first kappa shape index (κ1) is 9.52. The average molecular weight is 198 g/mol. The topological polar surface area (TPSA) is 42.9 Å². The highest BCUT2D eigenvalue weighted by atomic mass is 16.1. The van der Waals surface area contributed by atoms with Crippen LogP contribution in [0.5, 0.6) is 0 Å². The van der Waals surface area contributed by atoms with Crippen molar-refractivity contribution < 1.29 is 4.79 Å². The third kappa shape index (κ3) is 1.76. The van der Waals surface area contributed by atoms with Gasteiger partial charge in [-0.1, -0.05) is 12.1 Å². The maximum absolute atomic E-state index is 11.7. The molecule has 1 aromatic carbocycles. The Morgan fingerprint density at radius 1 is 1.33 bits per heavy atom. The molecule has 15 heavy (non-hydrogen) atoms. The van der Waals surface area contributed by atoms with E-state index in [1.807, 2.05) is 12.1 Å². The Kier molecular flexibility index (Phi) is 2.54. The van der Waals surface area contributed by atoms with Gasteiger partial charge in [-0.3, -0.25) is 14.8 Å². The number of para-hydroxylation sites is 1. The molecule has 0 aliphatic rings. The Balaban J connectivity index is 2.60. The van der Waals surface area contributed by atoms with Crippen molar-refractivity contribution in [1.29, 1.82) is 0 Å². The summed E-state index contributed by atoms with van der Waals surface area (Å²) in [5.74, 6) is 0.0242. The molecule has 0 spiro atoms. The van der Waals surface area contributed by atoms with Gasteiger partial charge < -0.3 is 0 Å². The van der Waals surface area contributed by atoms with Crippen LogP contribution in [0.25, 0.3) is 11.0 Å². The molecule has 3 nitrogen and oxygen atoms in total. The van der Waals surface area contributed by atoms with Gasteiger partial charge in [0, 0.05) is 24.4 Å². The zero-order valence-electron chi connectivity index (χ0n) is 8.18. The number of Topliss-reactive ketones (excluding diaryl/α,β-unsaturated/α-hetero) is 1. The van der Waals surface area contributed by atoms with Gasteiger partial charge in [-0.2, -0.15) is 0 Å². The molecule has 2 rings (SSSR count). The molecule has 0 saturated heterocycles. The molecule has 0 aliphatic carbocycles. The fourth-order valence-corrected chi connectivity index (χ4v) is 1.46. The predicted octanol–water partition coefficient (Wildman–Crippen LogP) is 2.39. The number of hydrogen-bond acceptors (Lipinski definition) is 3. The number of allylic oxidation sites excluding steroid dienone is 1. The van der Waals surface area contributed by atoms with Crippen molar-refractivity contribution in [3.63, 3.8) is 0 Å². The zero-order valence-corrected chi connectivity index (χ0v) is 8.18. The summed E-state index contributed by atoms with van der Waals surface area (Å²) < 4.78 is 0. The highest BCUT2D eigenvalue weighted by Gasteiger charge is 2.09. The Labute approximate surface area is 87.5 Å². The van der Waals surface area contributed by atoms with Gasteiger partial charge >= 0.3 is 0 Å². The summed E-state index contributed by atoms with van der Waals surface area (Å²) in [6.07, 6.45) is 5.13. The lowest BCUT2D eigenvalue weighted by molar-refractivity contribution is 0.0997. The van der Waals surface area contributed by atoms with Gasteiger partial charge in [0.05, 0.1) is 11.0 Å². The maximum atomic E-state index is 11.7. The second-order valence-corrected chi connectivity index (χ2v) is 3.15. The monoisotopic (exact) mass is 198 g/mol. The molecule has 0 aliphatic heterocycles. The summed E-state index contributed by atoms with van der Waals surface area (Å²) in [6.45, 7) is 3.55. The van der Waals surface area contributed by atoms with Crippen molar-refractivity contribution in [1.82, 2.24) is 9.97 Å². The molecule has 0 fully saturated rings. The van der Waals surface area contributed by atoms with Gasteiger partial charge in [0.15, 0.2) is 5.78 Å². The molecular formula is C12H10N2O. The number of aromatic nitrogens is 2. The minimum Gasteiger partial charge on any atom is -0.294 e. The summed E-state index contributed by atoms with van der Waals surface area (Å²) in [4.78, 5) is 20.0. The van der Waals surface area contributed by atoms with Crippen LogP contribution in [0.2, 0.25) is 0 Å². The second kappa shape index (κ2) is 4.00. The van der Waals surface area contributed by atoms with E-state index in [2.05, 4.69) is 16.5 Å². The fraction of sp³-hybridized carbons (Fsp3) is 0.0833. The van der Waals surface area contributed by atoms with Gasteiger partial charge in [0.25, 0.3) is 0 Å². The molecule has 0 amide bonds. The summed E-state index contributed by atoms with van der Waals surface area (Å²) in [6, 6.07) is 5.42. The van der Waals surface area contributed by atoms with Crippen LogP contribution in [0.3, 0.4) is 0 Å². The van der Waals surface area contributed by atoms with Crippen LogP contribution in [0.15, 0.2) is 43.2 Å². The van der Waals surface area contributed by atoms with Gasteiger partial charge in [0.2, 0.25) is 0 Å². The SMILES string of the molecule is C=CCC(=O)c1cccc2nccnc12. The van der Waals surface area contributed by atoms with E-state index in [9.17, 15) is 4.79 Å². The van der Waals surface area contributed by atoms with Crippen LogP contribution in [-0.4, -0.2) is 15.8 Å². The van der Waals surface area contributed by atoms with E-state index in [4.69, 9.17) is 0 Å². The van der Waals surface area contributed by atoms with Crippen molar-refractivity contribution in [3.8, 4) is 0 Å². The molecule has 1 heterocycles. The smallest absolute Gasteiger partial charge is 0.168 e. The van der Waals surface area contributed by atoms with Crippen molar-refractivity contribution in [3.05, 3.63) is 48.8 Å². The first-order chi connectivity index (χ1) is 7.33. The molecule has 1 aromatic heterocycles. The quantitative estimate of drug-likeness (QED) is 0.561. The second-order valence-electron chi connectivity index (χ2n) is 3.15. The average Bonchev–Trinajstić information content (AvgIpc) is 2.28. The zero-order chi connectivity index (χ0) is 10.7. The Bertz CT molecular complexity index is 515. The van der Waals surface area contributed by atoms with Crippen LogP contribution >= 0.6 is 0 Å². The molecular weight excluding hydrogens is 188 g/mol.